The van der Waals surface area contributed by atoms with Crippen LogP contribution in [0.1, 0.15) is 36.0 Å². The Labute approximate surface area is 188 Å². The molecule has 0 aromatic carbocycles. The highest BCUT2D eigenvalue weighted by molar-refractivity contribution is 5.96. The van der Waals surface area contributed by atoms with E-state index in [1.807, 2.05) is 0 Å². The number of nitrogens with zero attached hydrogens (tertiary/aromatic N) is 3. The third-order valence-corrected chi connectivity index (χ3v) is 6.10. The summed E-state index contributed by atoms with van der Waals surface area (Å²) in [5, 5.41) is 2.96. The lowest BCUT2D eigenvalue weighted by atomic mass is 9.82. The molecule has 1 aliphatic carbocycles. The van der Waals surface area contributed by atoms with Gasteiger partial charge in [-0.15, -0.1) is 0 Å². The van der Waals surface area contributed by atoms with Gasteiger partial charge in [-0.3, -0.25) is 14.4 Å². The molecule has 3 amide bonds. The molecule has 2 fully saturated rings. The molecular formula is C22H32N4O6. The van der Waals surface area contributed by atoms with Crippen molar-refractivity contribution in [1.82, 2.24) is 20.1 Å². The normalized spacial score (nSPS) is 21.9. The van der Waals surface area contributed by atoms with Crippen LogP contribution in [0.3, 0.4) is 0 Å². The summed E-state index contributed by atoms with van der Waals surface area (Å²) in [6.07, 6.45) is 3.45. The molecular weight excluding hydrogens is 416 g/mol. The van der Waals surface area contributed by atoms with Crippen LogP contribution in [0.15, 0.2) is 12.1 Å². The zero-order valence-corrected chi connectivity index (χ0v) is 19.0. The molecule has 32 heavy (non-hydrogen) atoms. The highest BCUT2D eigenvalue weighted by Crippen LogP contribution is 2.30. The first-order valence-electron chi connectivity index (χ1n) is 10.9. The first-order valence-corrected chi connectivity index (χ1v) is 10.9. The number of ether oxygens (including phenoxy) is 3. The smallest absolute Gasteiger partial charge is 0.259 e. The summed E-state index contributed by atoms with van der Waals surface area (Å²) in [5.41, 5.74) is 0.294. The van der Waals surface area contributed by atoms with Crippen LogP contribution >= 0.6 is 0 Å². The minimum absolute atomic E-state index is 0.0605. The second kappa shape index (κ2) is 11.1. The maximum absolute atomic E-state index is 13.3. The maximum Gasteiger partial charge on any atom is 0.259 e. The molecule has 1 saturated heterocycles. The predicted molar refractivity (Wildman–Crippen MR) is 116 cm³/mol. The van der Waals surface area contributed by atoms with Gasteiger partial charge in [0.2, 0.25) is 23.6 Å². The Morgan fingerprint density at radius 2 is 1.88 bits per heavy atom. The lowest BCUT2D eigenvalue weighted by Gasteiger charge is -2.41. The highest BCUT2D eigenvalue weighted by Gasteiger charge is 2.38. The fourth-order valence-electron chi connectivity index (χ4n) is 4.49. The third-order valence-electron chi connectivity index (χ3n) is 6.10. The van der Waals surface area contributed by atoms with Crippen LogP contribution in [-0.4, -0.2) is 92.7 Å². The molecule has 10 heteroatoms. The van der Waals surface area contributed by atoms with E-state index in [4.69, 9.17) is 14.2 Å². The summed E-state index contributed by atoms with van der Waals surface area (Å²) in [6.45, 7) is 1.24. The minimum Gasteiger partial charge on any atom is -0.481 e. The summed E-state index contributed by atoms with van der Waals surface area (Å²) in [4.78, 5) is 46.6. The van der Waals surface area contributed by atoms with Gasteiger partial charge in [-0.2, -0.15) is 4.98 Å². The number of amides is 3. The number of fused-ring (bicyclic) bond motifs is 1. The van der Waals surface area contributed by atoms with Crippen molar-refractivity contribution in [2.75, 3.05) is 54.1 Å². The molecule has 0 bridgehead atoms. The molecule has 176 valence electrons. The predicted octanol–water partition coefficient (Wildman–Crippen LogP) is 0.705. The van der Waals surface area contributed by atoms with Crippen LogP contribution in [0, 0.1) is 5.92 Å². The second-order valence-corrected chi connectivity index (χ2v) is 7.97. The van der Waals surface area contributed by atoms with E-state index in [2.05, 4.69) is 10.3 Å². The van der Waals surface area contributed by atoms with Crippen molar-refractivity contribution in [3.63, 3.8) is 0 Å². The zero-order valence-electron chi connectivity index (χ0n) is 19.0. The van der Waals surface area contributed by atoms with Crippen molar-refractivity contribution in [2.24, 2.45) is 5.92 Å². The van der Waals surface area contributed by atoms with E-state index in [-0.39, 0.29) is 42.2 Å². The number of hydrogen-bond acceptors (Lipinski definition) is 7. The van der Waals surface area contributed by atoms with E-state index < -0.39 is 0 Å². The van der Waals surface area contributed by atoms with Crippen molar-refractivity contribution >= 4 is 17.7 Å². The number of rotatable bonds is 5. The second-order valence-electron chi connectivity index (χ2n) is 7.97. The Bertz CT molecular complexity index is 833. The Morgan fingerprint density at radius 3 is 2.59 bits per heavy atom. The van der Waals surface area contributed by atoms with Crippen LogP contribution in [0.4, 0.5) is 0 Å². The lowest BCUT2D eigenvalue weighted by molar-refractivity contribution is -0.142. The van der Waals surface area contributed by atoms with Gasteiger partial charge >= 0.3 is 0 Å². The molecule has 2 heterocycles. The average molecular weight is 449 g/mol. The van der Waals surface area contributed by atoms with Gasteiger partial charge in [0.1, 0.15) is 12.2 Å². The molecule has 2 aliphatic rings. The molecule has 0 unspecified atom stereocenters. The number of methoxy groups -OCH3 is 3. The van der Waals surface area contributed by atoms with Crippen molar-refractivity contribution in [3.05, 3.63) is 17.7 Å². The number of carbonyl (C=O) groups is 3. The summed E-state index contributed by atoms with van der Waals surface area (Å²) in [7, 11) is 4.40. The van der Waals surface area contributed by atoms with Crippen LogP contribution in [0.5, 0.6) is 11.8 Å². The van der Waals surface area contributed by atoms with Gasteiger partial charge in [-0.1, -0.05) is 12.8 Å². The van der Waals surface area contributed by atoms with E-state index in [1.165, 1.54) is 21.3 Å². The molecule has 0 spiro atoms. The van der Waals surface area contributed by atoms with Crippen LogP contribution in [0.25, 0.3) is 0 Å². The van der Waals surface area contributed by atoms with Gasteiger partial charge in [-0.25, -0.2) is 0 Å². The third kappa shape index (κ3) is 5.29. The van der Waals surface area contributed by atoms with Crippen molar-refractivity contribution in [3.8, 4) is 11.8 Å². The quantitative estimate of drug-likeness (QED) is 0.706. The first-order chi connectivity index (χ1) is 15.5. The zero-order chi connectivity index (χ0) is 23.1. The van der Waals surface area contributed by atoms with E-state index in [9.17, 15) is 14.4 Å². The molecule has 10 nitrogen and oxygen atoms in total. The number of nitrogens with one attached hydrogen (secondary N) is 1. The average Bonchev–Trinajstić information content (AvgIpc) is 2.82. The van der Waals surface area contributed by atoms with E-state index in [0.29, 0.717) is 37.6 Å². The van der Waals surface area contributed by atoms with Crippen LogP contribution < -0.4 is 14.8 Å². The fourth-order valence-corrected chi connectivity index (χ4v) is 4.49. The van der Waals surface area contributed by atoms with Gasteiger partial charge in [0, 0.05) is 45.4 Å². The molecule has 0 radical (unpaired) electrons. The highest BCUT2D eigenvalue weighted by atomic mass is 16.5. The Kier molecular flexibility index (Phi) is 8.26. The van der Waals surface area contributed by atoms with Crippen LogP contribution in [0.2, 0.25) is 0 Å². The maximum atomic E-state index is 13.3. The van der Waals surface area contributed by atoms with Gasteiger partial charge in [0.05, 0.1) is 20.1 Å². The molecule has 3 rings (SSSR count). The first kappa shape index (κ1) is 23.8. The molecule has 1 aromatic heterocycles. The summed E-state index contributed by atoms with van der Waals surface area (Å²) < 4.78 is 15.5. The summed E-state index contributed by atoms with van der Waals surface area (Å²) >= 11 is 0. The molecule has 1 aliphatic heterocycles. The summed E-state index contributed by atoms with van der Waals surface area (Å²) in [5.74, 6) is -0.262. The monoisotopic (exact) mass is 448 g/mol. The minimum atomic E-state index is -0.286. The van der Waals surface area contributed by atoms with Crippen molar-refractivity contribution < 1.29 is 28.6 Å². The Balaban J connectivity index is 1.86. The SMILES string of the molecule is COCC(=O)N1CCN(C(=O)c2ccc(OC)nc2OC)CCNC(=O)[C@H]2CCCC[C@H]21. The topological polar surface area (TPSA) is 110 Å². The van der Waals surface area contributed by atoms with Gasteiger partial charge < -0.3 is 29.3 Å². The van der Waals surface area contributed by atoms with Crippen molar-refractivity contribution in [2.45, 2.75) is 31.7 Å². The number of pyridine rings is 1. The standard InChI is InChI=1S/C22H32N4O6/c1-30-14-19(27)26-13-12-25(11-10-23-20(28)15-6-4-5-7-17(15)26)22(29)16-8-9-18(31-2)24-21(16)32-3/h8-9,15,17H,4-7,10-14H2,1-3H3,(H,23,28)/t15-,17+/m0/s1. The lowest BCUT2D eigenvalue weighted by Crippen LogP contribution is -2.56. The molecule has 1 aromatic rings. The van der Waals surface area contributed by atoms with E-state index in [1.54, 1.807) is 21.9 Å². The van der Waals surface area contributed by atoms with Gasteiger partial charge in [0.15, 0.2) is 0 Å². The number of carbonyl (C=O) groups excluding carboxylic acids is 3. The molecule has 1 N–H and O–H groups in total. The van der Waals surface area contributed by atoms with E-state index in [0.717, 1.165) is 25.7 Å². The molecule has 2 atom stereocenters. The number of hydrogen-bond donors (Lipinski definition) is 1. The van der Waals surface area contributed by atoms with E-state index >= 15 is 0 Å². The Morgan fingerprint density at radius 1 is 1.09 bits per heavy atom. The molecule has 1 saturated carbocycles. The van der Waals surface area contributed by atoms with Crippen LogP contribution in [-0.2, 0) is 14.3 Å². The Hall–Kier alpha value is -2.88. The summed E-state index contributed by atoms with van der Waals surface area (Å²) in [6, 6.07) is 3.01. The van der Waals surface area contributed by atoms with Gasteiger partial charge in [0.25, 0.3) is 5.91 Å². The fraction of sp³-hybridized carbons (Fsp3) is 0.636. The number of aromatic nitrogens is 1. The van der Waals surface area contributed by atoms with Gasteiger partial charge in [-0.05, 0) is 18.9 Å². The van der Waals surface area contributed by atoms with Crippen molar-refractivity contribution in [1.29, 1.82) is 0 Å². The largest absolute Gasteiger partial charge is 0.481 e.